The number of nitrogens with one attached hydrogen (secondary N) is 1. The lowest BCUT2D eigenvalue weighted by Crippen LogP contribution is -1.88. The zero-order valence-corrected chi connectivity index (χ0v) is 8.77. The Labute approximate surface area is 90.5 Å². The van der Waals surface area contributed by atoms with Gasteiger partial charge in [0.15, 0.2) is 5.13 Å². The van der Waals surface area contributed by atoms with Crippen molar-refractivity contribution in [2.75, 3.05) is 11.1 Å². The molecule has 1 aromatic carbocycles. The van der Waals surface area contributed by atoms with Gasteiger partial charge in [0.05, 0.1) is 16.9 Å². The van der Waals surface area contributed by atoms with Gasteiger partial charge in [-0.2, -0.15) is 0 Å². The van der Waals surface area contributed by atoms with E-state index in [1.54, 1.807) is 6.20 Å². The number of nitrogen functional groups attached to an aromatic ring is 1. The molecule has 0 radical (unpaired) electrons. The van der Waals surface area contributed by atoms with Crippen molar-refractivity contribution in [1.82, 2.24) is 4.98 Å². The Balaban J connectivity index is 2.23. The lowest BCUT2D eigenvalue weighted by Gasteiger charge is -2.03. The van der Waals surface area contributed by atoms with E-state index in [1.165, 1.54) is 11.3 Å². The van der Waals surface area contributed by atoms with Gasteiger partial charge in [0.2, 0.25) is 0 Å². The predicted molar refractivity (Wildman–Crippen MR) is 61.3 cm³/mol. The van der Waals surface area contributed by atoms with Crippen LogP contribution in [0.15, 0.2) is 30.5 Å². The number of anilines is 3. The van der Waals surface area contributed by atoms with E-state index in [2.05, 4.69) is 10.3 Å². The van der Waals surface area contributed by atoms with Crippen molar-refractivity contribution in [2.45, 2.75) is 0 Å². The summed E-state index contributed by atoms with van der Waals surface area (Å²) in [6.07, 6.45) is 1.61. The lowest BCUT2D eigenvalue weighted by atomic mass is 10.3. The number of hydrogen-bond acceptors (Lipinski definition) is 4. The van der Waals surface area contributed by atoms with Crippen molar-refractivity contribution >= 4 is 38.8 Å². The van der Waals surface area contributed by atoms with E-state index in [-0.39, 0.29) is 0 Å². The second kappa shape index (κ2) is 3.86. The average molecular weight is 226 g/mol. The first-order chi connectivity index (χ1) is 6.75. The van der Waals surface area contributed by atoms with E-state index < -0.39 is 0 Å². The second-order valence-electron chi connectivity index (χ2n) is 2.67. The number of nitrogens with zero attached hydrogens (tertiary/aromatic N) is 1. The van der Waals surface area contributed by atoms with Crippen molar-refractivity contribution in [2.24, 2.45) is 0 Å². The first-order valence-electron chi connectivity index (χ1n) is 3.98. The van der Waals surface area contributed by atoms with Gasteiger partial charge in [0, 0.05) is 0 Å². The molecular weight excluding hydrogens is 218 g/mol. The highest BCUT2D eigenvalue weighted by molar-refractivity contribution is 7.19. The summed E-state index contributed by atoms with van der Waals surface area (Å²) >= 11 is 7.35. The maximum atomic E-state index is 5.96. The SMILES string of the molecule is Nc1cnc(Nc2ccccc2Cl)s1. The fourth-order valence-electron chi connectivity index (χ4n) is 1.02. The van der Waals surface area contributed by atoms with Crippen LogP contribution in [0.5, 0.6) is 0 Å². The van der Waals surface area contributed by atoms with Crippen LogP contribution in [0.2, 0.25) is 5.02 Å². The maximum absolute atomic E-state index is 5.96. The average Bonchev–Trinajstić information content (AvgIpc) is 2.56. The molecule has 5 heteroatoms. The number of aromatic nitrogens is 1. The van der Waals surface area contributed by atoms with Crippen molar-refractivity contribution in [1.29, 1.82) is 0 Å². The van der Waals surface area contributed by atoms with Gasteiger partial charge in [-0.05, 0) is 12.1 Å². The molecule has 0 saturated heterocycles. The van der Waals surface area contributed by atoms with E-state index in [0.717, 1.165) is 10.8 Å². The van der Waals surface area contributed by atoms with Crippen molar-refractivity contribution in [3.8, 4) is 0 Å². The van der Waals surface area contributed by atoms with Crippen LogP contribution in [0.4, 0.5) is 15.8 Å². The quantitative estimate of drug-likeness (QED) is 0.826. The Morgan fingerprint density at radius 3 is 2.79 bits per heavy atom. The Morgan fingerprint density at radius 1 is 1.36 bits per heavy atom. The van der Waals surface area contributed by atoms with Gasteiger partial charge in [0.25, 0.3) is 0 Å². The number of rotatable bonds is 2. The fourth-order valence-corrected chi connectivity index (χ4v) is 1.80. The molecule has 3 nitrogen and oxygen atoms in total. The molecule has 0 spiro atoms. The van der Waals surface area contributed by atoms with Crippen LogP contribution in [-0.4, -0.2) is 4.98 Å². The minimum Gasteiger partial charge on any atom is -0.389 e. The Hall–Kier alpha value is -1.26. The highest BCUT2D eigenvalue weighted by Crippen LogP contribution is 2.28. The third-order valence-corrected chi connectivity index (χ3v) is 2.71. The summed E-state index contributed by atoms with van der Waals surface area (Å²) in [5, 5.41) is 5.18. The van der Waals surface area contributed by atoms with Crippen LogP contribution in [0.3, 0.4) is 0 Å². The summed E-state index contributed by atoms with van der Waals surface area (Å²) in [6, 6.07) is 7.50. The number of para-hydroxylation sites is 1. The highest BCUT2D eigenvalue weighted by Gasteiger charge is 2.02. The van der Waals surface area contributed by atoms with E-state index in [4.69, 9.17) is 17.3 Å². The molecule has 1 heterocycles. The molecule has 0 bridgehead atoms. The third-order valence-electron chi connectivity index (χ3n) is 1.64. The number of thiazole rings is 1. The van der Waals surface area contributed by atoms with Crippen LogP contribution in [0, 0.1) is 0 Å². The zero-order valence-electron chi connectivity index (χ0n) is 7.20. The summed E-state index contributed by atoms with van der Waals surface area (Å²) in [5.74, 6) is 0. The monoisotopic (exact) mass is 225 g/mol. The van der Waals surface area contributed by atoms with Crippen LogP contribution in [0.1, 0.15) is 0 Å². The van der Waals surface area contributed by atoms with Gasteiger partial charge in [-0.3, -0.25) is 0 Å². The van der Waals surface area contributed by atoms with Gasteiger partial charge >= 0.3 is 0 Å². The second-order valence-corrected chi connectivity index (χ2v) is 4.14. The molecule has 0 aliphatic rings. The molecule has 2 rings (SSSR count). The van der Waals surface area contributed by atoms with Crippen LogP contribution in [-0.2, 0) is 0 Å². The van der Waals surface area contributed by atoms with Crippen molar-refractivity contribution < 1.29 is 0 Å². The topological polar surface area (TPSA) is 50.9 Å². The van der Waals surface area contributed by atoms with Crippen LogP contribution >= 0.6 is 22.9 Å². The Kier molecular flexibility index (Phi) is 2.56. The van der Waals surface area contributed by atoms with E-state index >= 15 is 0 Å². The molecule has 14 heavy (non-hydrogen) atoms. The predicted octanol–water partition coefficient (Wildman–Crippen LogP) is 3.12. The summed E-state index contributed by atoms with van der Waals surface area (Å²) in [7, 11) is 0. The minimum absolute atomic E-state index is 0.668. The maximum Gasteiger partial charge on any atom is 0.189 e. The van der Waals surface area contributed by atoms with Gasteiger partial charge in [-0.15, -0.1) is 0 Å². The smallest absolute Gasteiger partial charge is 0.189 e. The summed E-state index contributed by atoms with van der Waals surface area (Å²) < 4.78 is 0. The van der Waals surface area contributed by atoms with Crippen molar-refractivity contribution in [3.63, 3.8) is 0 Å². The van der Waals surface area contributed by atoms with E-state index in [0.29, 0.717) is 10.0 Å². The molecule has 0 amide bonds. The standard InChI is InChI=1S/C9H8ClN3S/c10-6-3-1-2-4-7(6)13-9-12-5-8(11)14-9/h1-5H,11H2,(H,12,13). The lowest BCUT2D eigenvalue weighted by molar-refractivity contribution is 1.39. The molecule has 3 N–H and O–H groups in total. The molecule has 0 fully saturated rings. The number of benzene rings is 1. The van der Waals surface area contributed by atoms with Gasteiger partial charge in [0.1, 0.15) is 5.00 Å². The van der Waals surface area contributed by atoms with Crippen molar-refractivity contribution in [3.05, 3.63) is 35.5 Å². The summed E-state index contributed by atoms with van der Waals surface area (Å²) in [5.41, 5.74) is 6.39. The molecule has 72 valence electrons. The molecule has 0 unspecified atom stereocenters. The fraction of sp³-hybridized carbons (Fsp3) is 0. The molecule has 0 atom stereocenters. The molecule has 0 aliphatic heterocycles. The van der Waals surface area contributed by atoms with Gasteiger partial charge in [-0.1, -0.05) is 35.1 Å². The largest absolute Gasteiger partial charge is 0.389 e. The normalized spacial score (nSPS) is 10.1. The number of nitrogens with two attached hydrogens (primary N) is 1. The molecule has 2 aromatic rings. The van der Waals surface area contributed by atoms with E-state index in [1.807, 2.05) is 24.3 Å². The zero-order chi connectivity index (χ0) is 9.97. The molecule has 0 saturated carbocycles. The minimum atomic E-state index is 0.668. The first-order valence-corrected chi connectivity index (χ1v) is 5.18. The number of hydrogen-bond donors (Lipinski definition) is 2. The third kappa shape index (κ3) is 1.97. The number of halogens is 1. The molecule has 0 aliphatic carbocycles. The first kappa shape index (κ1) is 9.30. The van der Waals surface area contributed by atoms with Crippen LogP contribution in [0.25, 0.3) is 0 Å². The van der Waals surface area contributed by atoms with Gasteiger partial charge in [-0.25, -0.2) is 4.98 Å². The molecular formula is C9H8ClN3S. The van der Waals surface area contributed by atoms with Gasteiger partial charge < -0.3 is 11.1 Å². The Bertz CT molecular complexity index is 441. The summed E-state index contributed by atoms with van der Waals surface area (Å²) in [6.45, 7) is 0. The van der Waals surface area contributed by atoms with Crippen LogP contribution < -0.4 is 11.1 Å². The summed E-state index contributed by atoms with van der Waals surface area (Å²) in [4.78, 5) is 4.08. The highest BCUT2D eigenvalue weighted by atomic mass is 35.5. The molecule has 1 aromatic heterocycles. The Morgan fingerprint density at radius 2 is 2.14 bits per heavy atom. The van der Waals surface area contributed by atoms with E-state index in [9.17, 15) is 0 Å².